The Kier molecular flexibility index (Phi) is 9.19. The zero-order chi connectivity index (χ0) is 19.9. The number of hydrogen-bond acceptors (Lipinski definition) is 3. The molecule has 3 N–H and O–H groups in total. The van der Waals surface area contributed by atoms with E-state index in [0.717, 1.165) is 51.4 Å². The van der Waals surface area contributed by atoms with Crippen LogP contribution in [0.15, 0.2) is 29.3 Å². The molecule has 2 aliphatic rings. The molecule has 1 fully saturated rings. The van der Waals surface area contributed by atoms with Gasteiger partial charge in [0.05, 0.1) is 0 Å². The average Bonchev–Trinajstić information content (AvgIpc) is 2.70. The summed E-state index contributed by atoms with van der Waals surface area (Å²) in [7, 11) is 0. The molecule has 3 rings (SSSR count). The fourth-order valence-electron chi connectivity index (χ4n) is 4.09. The van der Waals surface area contributed by atoms with Gasteiger partial charge in [0.2, 0.25) is 11.8 Å². The van der Waals surface area contributed by atoms with Crippen LogP contribution in [0.2, 0.25) is 0 Å². The SMILES string of the molecule is CCNC(=NCC(=O)N1CCc2ccccc2C1)N1CCCC(CC(N)=O)C1.I. The average molecular weight is 513 g/mol. The van der Waals surface area contributed by atoms with Crippen LogP contribution in [0, 0.1) is 5.92 Å². The Morgan fingerprint density at radius 2 is 1.97 bits per heavy atom. The Labute approximate surface area is 190 Å². The van der Waals surface area contributed by atoms with E-state index in [9.17, 15) is 9.59 Å². The molecule has 2 heterocycles. The molecule has 1 atom stereocenters. The number of benzene rings is 1. The number of aliphatic imine (C=N–C) groups is 1. The Balaban J connectivity index is 0.00000300. The van der Waals surface area contributed by atoms with Crippen molar-refractivity contribution in [3.8, 4) is 0 Å². The van der Waals surface area contributed by atoms with Gasteiger partial charge in [0.1, 0.15) is 6.54 Å². The van der Waals surface area contributed by atoms with Crippen molar-refractivity contribution in [2.45, 2.75) is 39.2 Å². The lowest BCUT2D eigenvalue weighted by Gasteiger charge is -2.35. The number of hydrogen-bond donors (Lipinski definition) is 2. The number of piperidine rings is 1. The van der Waals surface area contributed by atoms with Crippen molar-refractivity contribution < 1.29 is 9.59 Å². The van der Waals surface area contributed by atoms with E-state index < -0.39 is 0 Å². The highest BCUT2D eigenvalue weighted by atomic mass is 127. The molecule has 0 radical (unpaired) electrons. The van der Waals surface area contributed by atoms with Crippen molar-refractivity contribution in [1.29, 1.82) is 0 Å². The number of likely N-dealkylation sites (tertiary alicyclic amines) is 1. The number of fused-ring (bicyclic) bond motifs is 1. The summed E-state index contributed by atoms with van der Waals surface area (Å²) in [5.41, 5.74) is 7.92. The van der Waals surface area contributed by atoms with Crippen LogP contribution in [0.5, 0.6) is 0 Å². The number of guanidine groups is 1. The Morgan fingerprint density at radius 3 is 2.69 bits per heavy atom. The van der Waals surface area contributed by atoms with Crippen LogP contribution in [-0.4, -0.2) is 60.3 Å². The lowest BCUT2D eigenvalue weighted by atomic mass is 9.95. The quantitative estimate of drug-likeness (QED) is 0.357. The van der Waals surface area contributed by atoms with Crippen molar-refractivity contribution in [2.75, 3.05) is 32.7 Å². The van der Waals surface area contributed by atoms with Gasteiger partial charge in [-0.15, -0.1) is 24.0 Å². The van der Waals surface area contributed by atoms with E-state index in [0.29, 0.717) is 13.0 Å². The van der Waals surface area contributed by atoms with Crippen LogP contribution in [-0.2, 0) is 22.6 Å². The molecule has 2 amide bonds. The predicted octanol–water partition coefficient (Wildman–Crippen LogP) is 1.74. The molecule has 1 unspecified atom stereocenters. The Morgan fingerprint density at radius 1 is 1.21 bits per heavy atom. The standard InChI is InChI=1S/C21H31N5O2.HI/c1-2-23-21(26-10-5-6-16(14-26)12-19(22)27)24-13-20(28)25-11-9-17-7-3-4-8-18(17)15-25;/h3-4,7-8,16H,2,5-6,9-15H2,1H3,(H2,22,27)(H,23,24);1H. The van der Waals surface area contributed by atoms with Gasteiger partial charge in [0.15, 0.2) is 5.96 Å². The first-order valence-electron chi connectivity index (χ1n) is 10.2. The van der Waals surface area contributed by atoms with Gasteiger partial charge in [-0.3, -0.25) is 9.59 Å². The molecule has 1 aromatic carbocycles. The molecule has 160 valence electrons. The van der Waals surface area contributed by atoms with Crippen LogP contribution >= 0.6 is 24.0 Å². The van der Waals surface area contributed by atoms with Gasteiger partial charge in [-0.1, -0.05) is 24.3 Å². The number of nitrogens with one attached hydrogen (secondary N) is 1. The largest absolute Gasteiger partial charge is 0.370 e. The van der Waals surface area contributed by atoms with Gasteiger partial charge in [0, 0.05) is 39.1 Å². The summed E-state index contributed by atoms with van der Waals surface area (Å²) in [6.45, 7) is 5.93. The first-order valence-corrected chi connectivity index (χ1v) is 10.2. The normalized spacial score (nSPS) is 19.2. The maximum Gasteiger partial charge on any atom is 0.244 e. The number of carbonyl (C=O) groups is 2. The maximum absolute atomic E-state index is 12.7. The second-order valence-electron chi connectivity index (χ2n) is 7.63. The molecule has 0 aromatic heterocycles. The minimum atomic E-state index is -0.255. The van der Waals surface area contributed by atoms with E-state index in [1.165, 1.54) is 11.1 Å². The Bertz CT molecular complexity index is 740. The first-order chi connectivity index (χ1) is 13.6. The van der Waals surface area contributed by atoms with Crippen LogP contribution in [0.3, 0.4) is 0 Å². The molecule has 7 nitrogen and oxygen atoms in total. The highest BCUT2D eigenvalue weighted by Crippen LogP contribution is 2.20. The zero-order valence-electron chi connectivity index (χ0n) is 17.1. The number of amides is 2. The summed E-state index contributed by atoms with van der Waals surface area (Å²) in [6, 6.07) is 8.30. The van der Waals surface area contributed by atoms with Crippen molar-refractivity contribution in [2.24, 2.45) is 16.6 Å². The molecule has 0 bridgehead atoms. The molecule has 29 heavy (non-hydrogen) atoms. The molecule has 2 aliphatic heterocycles. The third-order valence-corrected chi connectivity index (χ3v) is 5.49. The van der Waals surface area contributed by atoms with E-state index in [1.807, 2.05) is 24.0 Å². The van der Waals surface area contributed by atoms with Crippen LogP contribution < -0.4 is 11.1 Å². The molecule has 0 aliphatic carbocycles. The van der Waals surface area contributed by atoms with Crippen LogP contribution in [0.4, 0.5) is 0 Å². The highest BCUT2D eigenvalue weighted by Gasteiger charge is 2.24. The third kappa shape index (κ3) is 6.58. The zero-order valence-corrected chi connectivity index (χ0v) is 19.4. The summed E-state index contributed by atoms with van der Waals surface area (Å²) in [6.07, 6.45) is 3.30. The van der Waals surface area contributed by atoms with Gasteiger partial charge in [-0.05, 0) is 43.2 Å². The molecule has 0 saturated carbocycles. The third-order valence-electron chi connectivity index (χ3n) is 5.49. The fourth-order valence-corrected chi connectivity index (χ4v) is 4.09. The highest BCUT2D eigenvalue weighted by molar-refractivity contribution is 14.0. The van der Waals surface area contributed by atoms with E-state index in [2.05, 4.69) is 27.3 Å². The number of halogens is 1. The molecular weight excluding hydrogens is 481 g/mol. The van der Waals surface area contributed by atoms with Gasteiger partial charge >= 0.3 is 0 Å². The number of nitrogens with two attached hydrogens (primary N) is 1. The van der Waals surface area contributed by atoms with Crippen LogP contribution in [0.25, 0.3) is 0 Å². The first kappa shape index (κ1) is 23.4. The van der Waals surface area contributed by atoms with Gasteiger partial charge in [0.25, 0.3) is 0 Å². The van der Waals surface area contributed by atoms with Crippen LogP contribution in [0.1, 0.15) is 37.3 Å². The molecule has 1 saturated heterocycles. The second kappa shape index (κ2) is 11.4. The van der Waals surface area contributed by atoms with Gasteiger partial charge in [-0.2, -0.15) is 0 Å². The molecular formula is C21H32IN5O2. The summed E-state index contributed by atoms with van der Waals surface area (Å²) >= 11 is 0. The van der Waals surface area contributed by atoms with Gasteiger partial charge in [-0.25, -0.2) is 4.99 Å². The molecule has 1 aromatic rings. The van der Waals surface area contributed by atoms with Crippen molar-refractivity contribution in [1.82, 2.24) is 15.1 Å². The topological polar surface area (TPSA) is 91.0 Å². The number of carbonyl (C=O) groups excluding carboxylic acids is 2. The summed E-state index contributed by atoms with van der Waals surface area (Å²) in [4.78, 5) is 32.6. The number of rotatable bonds is 5. The minimum Gasteiger partial charge on any atom is -0.370 e. The van der Waals surface area contributed by atoms with Crippen molar-refractivity contribution >= 4 is 41.8 Å². The summed E-state index contributed by atoms with van der Waals surface area (Å²) < 4.78 is 0. The van der Waals surface area contributed by atoms with E-state index >= 15 is 0 Å². The lowest BCUT2D eigenvalue weighted by Crippen LogP contribution is -2.47. The van der Waals surface area contributed by atoms with E-state index in [1.54, 1.807) is 0 Å². The number of nitrogens with zero attached hydrogens (tertiary/aromatic N) is 3. The van der Waals surface area contributed by atoms with Gasteiger partial charge < -0.3 is 20.9 Å². The predicted molar refractivity (Wildman–Crippen MR) is 125 cm³/mol. The maximum atomic E-state index is 12.7. The molecule has 0 spiro atoms. The monoisotopic (exact) mass is 513 g/mol. The van der Waals surface area contributed by atoms with E-state index in [4.69, 9.17) is 5.73 Å². The van der Waals surface area contributed by atoms with Crippen molar-refractivity contribution in [3.63, 3.8) is 0 Å². The fraction of sp³-hybridized carbons (Fsp3) is 0.571. The van der Waals surface area contributed by atoms with Crippen molar-refractivity contribution in [3.05, 3.63) is 35.4 Å². The van der Waals surface area contributed by atoms with E-state index in [-0.39, 0.29) is 48.3 Å². The second-order valence-corrected chi connectivity index (χ2v) is 7.63. The minimum absolute atomic E-state index is 0. The summed E-state index contributed by atoms with van der Waals surface area (Å²) in [5, 5.41) is 3.29. The lowest BCUT2D eigenvalue weighted by molar-refractivity contribution is -0.130. The molecule has 8 heteroatoms. The Hall–Kier alpha value is -1.84. The smallest absolute Gasteiger partial charge is 0.244 e. The number of primary amides is 1. The summed E-state index contributed by atoms with van der Waals surface area (Å²) in [5.74, 6) is 0.803.